The lowest BCUT2D eigenvalue weighted by molar-refractivity contribution is 0.482. The molecule has 102 valence electrons. The summed E-state index contributed by atoms with van der Waals surface area (Å²) in [6, 6.07) is 14.2. The van der Waals surface area contributed by atoms with Crippen molar-refractivity contribution in [2.75, 3.05) is 0 Å². The fraction of sp³-hybridized carbons (Fsp3) is 0. The summed E-state index contributed by atoms with van der Waals surface area (Å²) in [4.78, 5) is 12.2. The van der Waals surface area contributed by atoms with Crippen molar-refractivity contribution in [3.63, 3.8) is 0 Å². The quantitative estimate of drug-likeness (QED) is 0.385. The highest BCUT2D eigenvalue weighted by atomic mass is 35.5. The van der Waals surface area contributed by atoms with Crippen LogP contribution in [0.15, 0.2) is 57.7 Å². The molecule has 3 nitrogen and oxygen atoms in total. The molecule has 4 aromatic rings. The number of aromatic hydroxyl groups is 1. The topological polar surface area (TPSA) is 50.4 Å². The smallest absolute Gasteiger partial charge is 0.344 e. The molecular formula is C17H9ClO3. The van der Waals surface area contributed by atoms with Gasteiger partial charge in [0, 0.05) is 21.5 Å². The molecule has 3 aromatic carbocycles. The van der Waals surface area contributed by atoms with Crippen LogP contribution in [0.2, 0.25) is 5.02 Å². The number of phenolic OH excluding ortho intramolecular Hbond substituents is 1. The highest BCUT2D eigenvalue weighted by molar-refractivity contribution is 6.41. The lowest BCUT2D eigenvalue weighted by Gasteiger charge is -2.10. The van der Waals surface area contributed by atoms with Gasteiger partial charge in [0.15, 0.2) is 0 Å². The van der Waals surface area contributed by atoms with E-state index in [2.05, 4.69) is 0 Å². The Morgan fingerprint density at radius 3 is 2.14 bits per heavy atom. The van der Waals surface area contributed by atoms with Crippen molar-refractivity contribution in [2.24, 2.45) is 0 Å². The zero-order valence-electron chi connectivity index (χ0n) is 10.8. The van der Waals surface area contributed by atoms with Crippen LogP contribution in [0, 0.1) is 0 Å². The first-order valence-electron chi connectivity index (χ1n) is 6.43. The maximum Gasteiger partial charge on any atom is 0.344 e. The van der Waals surface area contributed by atoms with E-state index >= 15 is 0 Å². The van der Waals surface area contributed by atoms with E-state index in [1.54, 1.807) is 36.4 Å². The van der Waals surface area contributed by atoms with Gasteiger partial charge in [0.25, 0.3) is 0 Å². The third kappa shape index (κ3) is 1.58. The maximum absolute atomic E-state index is 12.2. The van der Waals surface area contributed by atoms with Crippen LogP contribution in [0.25, 0.3) is 32.5 Å². The van der Waals surface area contributed by atoms with Crippen LogP contribution in [0.3, 0.4) is 0 Å². The number of hydrogen-bond acceptors (Lipinski definition) is 3. The summed E-state index contributed by atoms with van der Waals surface area (Å²) in [5, 5.41) is 13.4. The largest absolute Gasteiger partial charge is 0.506 e. The normalized spacial score (nSPS) is 11.5. The minimum atomic E-state index is -0.412. The SMILES string of the molecule is O=c1oc2c3ccccc3c(O)c(Cl)c2c2ccccc12. The lowest BCUT2D eigenvalue weighted by atomic mass is 10.0. The predicted molar refractivity (Wildman–Crippen MR) is 84.2 cm³/mol. The first kappa shape index (κ1) is 12.2. The number of halogens is 1. The first-order valence-corrected chi connectivity index (χ1v) is 6.81. The van der Waals surface area contributed by atoms with E-state index in [1.165, 1.54) is 0 Å². The fourth-order valence-corrected chi connectivity index (χ4v) is 3.02. The van der Waals surface area contributed by atoms with Gasteiger partial charge in [-0.25, -0.2) is 4.79 Å². The van der Waals surface area contributed by atoms with Gasteiger partial charge in [0.1, 0.15) is 11.3 Å². The van der Waals surface area contributed by atoms with Gasteiger partial charge in [0.2, 0.25) is 0 Å². The molecule has 0 bridgehead atoms. The van der Waals surface area contributed by atoms with Crippen LogP contribution in [-0.4, -0.2) is 5.11 Å². The highest BCUT2D eigenvalue weighted by Gasteiger charge is 2.17. The molecule has 1 N–H and O–H groups in total. The number of hydrogen-bond donors (Lipinski definition) is 1. The molecule has 0 spiro atoms. The van der Waals surface area contributed by atoms with Crippen LogP contribution < -0.4 is 5.63 Å². The van der Waals surface area contributed by atoms with Crippen LogP contribution in [0.5, 0.6) is 5.75 Å². The molecule has 0 aliphatic carbocycles. The van der Waals surface area contributed by atoms with Crippen molar-refractivity contribution in [3.05, 3.63) is 64.0 Å². The maximum atomic E-state index is 12.2. The van der Waals surface area contributed by atoms with Gasteiger partial charge in [-0.05, 0) is 6.07 Å². The Hall–Kier alpha value is -2.52. The highest BCUT2D eigenvalue weighted by Crippen LogP contribution is 2.42. The van der Waals surface area contributed by atoms with Crippen LogP contribution >= 0.6 is 11.6 Å². The zero-order chi connectivity index (χ0) is 14.6. The van der Waals surface area contributed by atoms with Crippen LogP contribution in [-0.2, 0) is 0 Å². The van der Waals surface area contributed by atoms with Gasteiger partial charge in [-0.1, -0.05) is 54.1 Å². The Morgan fingerprint density at radius 2 is 1.43 bits per heavy atom. The lowest BCUT2D eigenvalue weighted by Crippen LogP contribution is -2.00. The fourth-order valence-electron chi connectivity index (χ4n) is 2.73. The predicted octanol–water partition coefficient (Wildman–Crippen LogP) is 4.46. The monoisotopic (exact) mass is 296 g/mol. The van der Waals surface area contributed by atoms with Gasteiger partial charge in [-0.15, -0.1) is 0 Å². The van der Waals surface area contributed by atoms with E-state index in [9.17, 15) is 9.90 Å². The van der Waals surface area contributed by atoms with Crippen molar-refractivity contribution in [2.45, 2.75) is 0 Å². The van der Waals surface area contributed by atoms with Crippen molar-refractivity contribution in [1.29, 1.82) is 0 Å². The van der Waals surface area contributed by atoms with Crippen LogP contribution in [0.1, 0.15) is 0 Å². The molecule has 0 amide bonds. The van der Waals surface area contributed by atoms with Gasteiger partial charge >= 0.3 is 5.63 Å². The van der Waals surface area contributed by atoms with E-state index in [-0.39, 0.29) is 10.8 Å². The molecule has 0 aliphatic rings. The Bertz CT molecular complexity index is 1080. The van der Waals surface area contributed by atoms with E-state index in [4.69, 9.17) is 16.0 Å². The molecule has 1 aromatic heterocycles. The van der Waals surface area contributed by atoms with Gasteiger partial charge in [-0.2, -0.15) is 0 Å². The van der Waals surface area contributed by atoms with E-state index < -0.39 is 5.63 Å². The molecule has 4 rings (SSSR count). The van der Waals surface area contributed by atoms with Gasteiger partial charge in [0.05, 0.1) is 10.4 Å². The third-order valence-electron chi connectivity index (χ3n) is 3.69. The second-order valence-electron chi connectivity index (χ2n) is 4.85. The molecule has 0 unspecified atom stereocenters. The molecule has 0 atom stereocenters. The molecule has 1 heterocycles. The molecule has 4 heteroatoms. The number of rotatable bonds is 0. The molecule has 0 radical (unpaired) electrons. The average molecular weight is 297 g/mol. The van der Waals surface area contributed by atoms with Crippen molar-refractivity contribution in [3.8, 4) is 5.75 Å². The standard InChI is InChI=1S/C17H9ClO3/c18-14-13-9-5-1-4-8-12(9)17(20)21-16(13)11-7-3-2-6-10(11)15(14)19/h1-8,19H. The number of fused-ring (bicyclic) bond motifs is 5. The van der Waals surface area contributed by atoms with Crippen molar-refractivity contribution in [1.82, 2.24) is 0 Å². The molecule has 0 aliphatic heterocycles. The summed E-state index contributed by atoms with van der Waals surface area (Å²) in [6.45, 7) is 0. The van der Waals surface area contributed by atoms with Crippen LogP contribution in [0.4, 0.5) is 0 Å². The minimum Gasteiger partial charge on any atom is -0.506 e. The molecule has 0 fully saturated rings. The number of phenols is 1. The first-order chi connectivity index (χ1) is 10.2. The molecular weight excluding hydrogens is 288 g/mol. The third-order valence-corrected chi connectivity index (χ3v) is 4.06. The minimum absolute atomic E-state index is 0.00114. The van der Waals surface area contributed by atoms with Gasteiger partial charge < -0.3 is 9.52 Å². The molecule has 0 saturated carbocycles. The molecule has 0 saturated heterocycles. The summed E-state index contributed by atoms with van der Waals surface area (Å²) < 4.78 is 5.47. The Balaban J connectivity index is 2.45. The second kappa shape index (κ2) is 4.24. The van der Waals surface area contributed by atoms with Crippen molar-refractivity contribution >= 4 is 44.1 Å². The Labute approximate surface area is 124 Å². The zero-order valence-corrected chi connectivity index (χ0v) is 11.5. The van der Waals surface area contributed by atoms with E-state index in [0.717, 1.165) is 0 Å². The number of benzene rings is 3. The van der Waals surface area contributed by atoms with E-state index in [1.807, 2.05) is 12.1 Å². The Kier molecular flexibility index (Phi) is 2.47. The summed E-state index contributed by atoms with van der Waals surface area (Å²) in [5.41, 5.74) is -0.0119. The van der Waals surface area contributed by atoms with E-state index in [0.29, 0.717) is 32.5 Å². The van der Waals surface area contributed by atoms with Gasteiger partial charge in [-0.3, -0.25) is 0 Å². The summed E-state index contributed by atoms with van der Waals surface area (Å²) >= 11 is 6.32. The summed E-state index contributed by atoms with van der Waals surface area (Å²) in [5.74, 6) is -0.00114. The summed E-state index contributed by atoms with van der Waals surface area (Å²) in [7, 11) is 0. The van der Waals surface area contributed by atoms with Crippen molar-refractivity contribution < 1.29 is 9.52 Å². The summed E-state index contributed by atoms with van der Waals surface area (Å²) in [6.07, 6.45) is 0. The second-order valence-corrected chi connectivity index (χ2v) is 5.23. The Morgan fingerprint density at radius 1 is 0.857 bits per heavy atom. The average Bonchev–Trinajstić information content (AvgIpc) is 2.53. The molecule has 21 heavy (non-hydrogen) atoms.